The lowest BCUT2D eigenvalue weighted by atomic mass is 9.80. The summed E-state index contributed by atoms with van der Waals surface area (Å²) in [5.74, 6) is 0.836. The molecule has 0 unspecified atom stereocenters. The quantitative estimate of drug-likeness (QED) is 0.820. The summed E-state index contributed by atoms with van der Waals surface area (Å²) in [4.78, 5) is 0. The number of piperidine rings is 1. The Hall–Kier alpha value is -0.740. The van der Waals surface area contributed by atoms with Crippen molar-refractivity contribution in [2.75, 3.05) is 13.1 Å². The number of aryl methyl sites for hydroxylation is 1. The zero-order chi connectivity index (χ0) is 13.3. The molecule has 2 atom stereocenters. The van der Waals surface area contributed by atoms with E-state index in [4.69, 9.17) is 0 Å². The van der Waals surface area contributed by atoms with E-state index in [2.05, 4.69) is 12.2 Å². The van der Waals surface area contributed by atoms with E-state index < -0.39 is 11.7 Å². The van der Waals surface area contributed by atoms with Gasteiger partial charge in [0.15, 0.2) is 0 Å². The molecule has 5 heteroatoms. The van der Waals surface area contributed by atoms with E-state index in [1.807, 2.05) is 0 Å². The number of benzene rings is 1. The summed E-state index contributed by atoms with van der Waals surface area (Å²) in [7, 11) is 0. The molecule has 108 valence electrons. The fourth-order valence-corrected chi connectivity index (χ4v) is 2.74. The summed E-state index contributed by atoms with van der Waals surface area (Å²) >= 11 is 0. The van der Waals surface area contributed by atoms with E-state index in [9.17, 15) is 13.2 Å². The van der Waals surface area contributed by atoms with Crippen LogP contribution in [0.4, 0.5) is 13.2 Å². The van der Waals surface area contributed by atoms with Gasteiger partial charge in [-0.3, -0.25) is 0 Å². The molecule has 0 aromatic heterocycles. The van der Waals surface area contributed by atoms with Gasteiger partial charge in [-0.05, 0) is 61.5 Å². The monoisotopic (exact) mass is 293 g/mol. The highest BCUT2D eigenvalue weighted by atomic mass is 35.5. The first-order valence-corrected chi connectivity index (χ1v) is 6.28. The topological polar surface area (TPSA) is 12.0 Å². The van der Waals surface area contributed by atoms with Crippen LogP contribution in [0.15, 0.2) is 18.2 Å². The Bertz CT molecular complexity index is 431. The van der Waals surface area contributed by atoms with Crippen molar-refractivity contribution >= 4 is 12.4 Å². The van der Waals surface area contributed by atoms with Gasteiger partial charge in [0, 0.05) is 0 Å². The van der Waals surface area contributed by atoms with Crippen LogP contribution in [-0.2, 0) is 6.18 Å². The van der Waals surface area contributed by atoms with E-state index in [-0.39, 0.29) is 12.4 Å². The van der Waals surface area contributed by atoms with Crippen LogP contribution in [0.5, 0.6) is 0 Å². The molecule has 0 amide bonds. The van der Waals surface area contributed by atoms with Gasteiger partial charge >= 0.3 is 6.18 Å². The molecular weight excluding hydrogens is 275 g/mol. The Labute approximate surface area is 118 Å². The maximum Gasteiger partial charge on any atom is 0.416 e. The summed E-state index contributed by atoms with van der Waals surface area (Å²) in [5, 5.41) is 3.31. The van der Waals surface area contributed by atoms with E-state index in [1.54, 1.807) is 13.0 Å². The molecule has 1 heterocycles. The third kappa shape index (κ3) is 3.63. The maximum absolute atomic E-state index is 12.6. The van der Waals surface area contributed by atoms with Gasteiger partial charge < -0.3 is 5.32 Å². The molecular formula is C14H19ClF3N. The summed E-state index contributed by atoms with van der Waals surface area (Å²) in [6, 6.07) is 4.13. The molecule has 1 aromatic rings. The molecule has 1 aliphatic rings. The Morgan fingerprint density at radius 2 is 1.95 bits per heavy atom. The molecule has 1 nitrogen and oxygen atoms in total. The minimum atomic E-state index is -4.25. The zero-order valence-electron chi connectivity index (χ0n) is 11.1. The molecule has 1 aromatic carbocycles. The SMILES string of the molecule is Cc1cc(C(F)(F)F)ccc1[C@H]1CCNC[C@H]1C.Cl. The lowest BCUT2D eigenvalue weighted by Gasteiger charge is -2.31. The second kappa shape index (κ2) is 6.14. The van der Waals surface area contributed by atoms with Crippen LogP contribution < -0.4 is 5.32 Å². The van der Waals surface area contributed by atoms with Crippen molar-refractivity contribution in [2.45, 2.75) is 32.4 Å². The first-order valence-electron chi connectivity index (χ1n) is 6.28. The van der Waals surface area contributed by atoms with E-state index in [0.29, 0.717) is 11.8 Å². The average molecular weight is 294 g/mol. The first kappa shape index (κ1) is 16.3. The van der Waals surface area contributed by atoms with Crippen LogP contribution in [0.1, 0.15) is 36.0 Å². The van der Waals surface area contributed by atoms with Crippen molar-refractivity contribution in [2.24, 2.45) is 5.92 Å². The molecule has 0 bridgehead atoms. The summed E-state index contributed by atoms with van der Waals surface area (Å²) in [6.45, 7) is 5.80. The smallest absolute Gasteiger partial charge is 0.316 e. The predicted molar refractivity (Wildman–Crippen MR) is 72.8 cm³/mol. The van der Waals surface area contributed by atoms with Gasteiger partial charge in [-0.2, -0.15) is 13.2 Å². The largest absolute Gasteiger partial charge is 0.416 e. The normalized spacial score (nSPS) is 23.8. The van der Waals surface area contributed by atoms with Crippen molar-refractivity contribution in [3.8, 4) is 0 Å². The Balaban J connectivity index is 0.00000180. The number of rotatable bonds is 1. The van der Waals surface area contributed by atoms with Crippen LogP contribution in [0.25, 0.3) is 0 Å². The molecule has 0 saturated carbocycles. The van der Waals surface area contributed by atoms with E-state index in [1.165, 1.54) is 12.1 Å². The minimum Gasteiger partial charge on any atom is -0.316 e. The number of hydrogen-bond donors (Lipinski definition) is 1. The van der Waals surface area contributed by atoms with Gasteiger partial charge in [-0.15, -0.1) is 12.4 Å². The fourth-order valence-electron chi connectivity index (χ4n) is 2.74. The summed E-state index contributed by atoms with van der Waals surface area (Å²) in [6.07, 6.45) is -3.25. The van der Waals surface area contributed by atoms with Gasteiger partial charge in [0.05, 0.1) is 5.56 Å². The van der Waals surface area contributed by atoms with Gasteiger partial charge in [0.1, 0.15) is 0 Å². The van der Waals surface area contributed by atoms with Crippen LogP contribution in [-0.4, -0.2) is 13.1 Å². The number of halogens is 4. The fraction of sp³-hybridized carbons (Fsp3) is 0.571. The third-order valence-electron chi connectivity index (χ3n) is 3.78. The predicted octanol–water partition coefficient (Wildman–Crippen LogP) is 4.15. The van der Waals surface area contributed by atoms with Crippen molar-refractivity contribution in [1.29, 1.82) is 0 Å². The van der Waals surface area contributed by atoms with E-state index in [0.717, 1.165) is 30.6 Å². The van der Waals surface area contributed by atoms with Gasteiger partial charge in [-0.1, -0.05) is 13.0 Å². The molecule has 0 radical (unpaired) electrons. The average Bonchev–Trinajstić information content (AvgIpc) is 2.29. The highest BCUT2D eigenvalue weighted by Gasteiger charge is 2.31. The maximum atomic E-state index is 12.6. The van der Waals surface area contributed by atoms with Crippen LogP contribution in [0.2, 0.25) is 0 Å². The van der Waals surface area contributed by atoms with Gasteiger partial charge in [-0.25, -0.2) is 0 Å². The van der Waals surface area contributed by atoms with Crippen molar-refractivity contribution < 1.29 is 13.2 Å². The number of alkyl halides is 3. The molecule has 1 N–H and O–H groups in total. The van der Waals surface area contributed by atoms with Gasteiger partial charge in [0.25, 0.3) is 0 Å². The second-order valence-electron chi connectivity index (χ2n) is 5.15. The lowest BCUT2D eigenvalue weighted by Crippen LogP contribution is -2.34. The Morgan fingerprint density at radius 1 is 1.26 bits per heavy atom. The van der Waals surface area contributed by atoms with Crippen molar-refractivity contribution in [3.63, 3.8) is 0 Å². The zero-order valence-corrected chi connectivity index (χ0v) is 11.9. The third-order valence-corrected chi connectivity index (χ3v) is 3.78. The molecule has 1 saturated heterocycles. The highest BCUT2D eigenvalue weighted by Crippen LogP contribution is 2.35. The van der Waals surface area contributed by atoms with Crippen LogP contribution >= 0.6 is 12.4 Å². The first-order chi connectivity index (χ1) is 8.39. The van der Waals surface area contributed by atoms with Crippen molar-refractivity contribution in [1.82, 2.24) is 5.32 Å². The van der Waals surface area contributed by atoms with Crippen LogP contribution in [0, 0.1) is 12.8 Å². The lowest BCUT2D eigenvalue weighted by molar-refractivity contribution is -0.137. The minimum absolute atomic E-state index is 0. The summed E-state index contributed by atoms with van der Waals surface area (Å²) in [5.41, 5.74) is 1.27. The number of hydrogen-bond acceptors (Lipinski definition) is 1. The Kier molecular flexibility index (Phi) is 5.27. The molecule has 1 fully saturated rings. The molecule has 2 rings (SSSR count). The van der Waals surface area contributed by atoms with Gasteiger partial charge in [0.2, 0.25) is 0 Å². The Morgan fingerprint density at radius 3 is 2.47 bits per heavy atom. The number of nitrogens with one attached hydrogen (secondary N) is 1. The molecule has 1 aliphatic heterocycles. The van der Waals surface area contributed by atoms with E-state index >= 15 is 0 Å². The second-order valence-corrected chi connectivity index (χ2v) is 5.15. The summed E-state index contributed by atoms with van der Waals surface area (Å²) < 4.78 is 37.8. The van der Waals surface area contributed by atoms with Crippen molar-refractivity contribution in [3.05, 3.63) is 34.9 Å². The standard InChI is InChI=1S/C14H18F3N.ClH/c1-9-7-11(14(15,16)17)3-4-12(9)13-5-6-18-8-10(13)2;/h3-4,7,10,13,18H,5-6,8H2,1-2H3;1H/t10-,13+;/m1./s1. The molecule has 0 spiro atoms. The van der Waals surface area contributed by atoms with Crippen LogP contribution in [0.3, 0.4) is 0 Å². The molecule has 19 heavy (non-hydrogen) atoms. The highest BCUT2D eigenvalue weighted by molar-refractivity contribution is 5.85. The molecule has 0 aliphatic carbocycles.